The zero-order valence-electron chi connectivity index (χ0n) is 9.96. The smallest absolute Gasteiger partial charge is 0.0471 e. The van der Waals surface area contributed by atoms with Crippen LogP contribution in [-0.2, 0) is 0 Å². The van der Waals surface area contributed by atoms with E-state index in [4.69, 9.17) is 11.6 Å². The lowest BCUT2D eigenvalue weighted by atomic mass is 10.0. The summed E-state index contributed by atoms with van der Waals surface area (Å²) in [5.41, 5.74) is 2.59. The van der Waals surface area contributed by atoms with Crippen LogP contribution in [0.2, 0.25) is 5.02 Å². The van der Waals surface area contributed by atoms with E-state index in [1.807, 2.05) is 18.2 Å². The maximum atomic E-state index is 9.50. The lowest BCUT2D eigenvalue weighted by Gasteiger charge is -2.01. The highest BCUT2D eigenvalue weighted by atomic mass is 35.5. The van der Waals surface area contributed by atoms with Gasteiger partial charge in [-0.25, -0.2) is 0 Å². The van der Waals surface area contributed by atoms with Crippen LogP contribution in [0, 0.1) is 5.92 Å². The Morgan fingerprint density at radius 1 is 0.833 bits per heavy atom. The first kappa shape index (κ1) is 11.8. The molecule has 0 amide bonds. The molecular formula is C16H15ClO. The van der Waals surface area contributed by atoms with Crippen LogP contribution in [0.3, 0.4) is 0 Å². The molecule has 2 aromatic carbocycles. The summed E-state index contributed by atoms with van der Waals surface area (Å²) in [6.45, 7) is 0.243. The Labute approximate surface area is 112 Å². The normalized spacial score (nSPS) is 26.0. The number of benzene rings is 2. The van der Waals surface area contributed by atoms with Crippen molar-refractivity contribution in [2.75, 3.05) is 6.61 Å². The van der Waals surface area contributed by atoms with Crippen LogP contribution in [0.25, 0.3) is 0 Å². The van der Waals surface area contributed by atoms with Crippen LogP contribution in [-0.4, -0.2) is 11.7 Å². The fourth-order valence-electron chi connectivity index (χ4n) is 2.87. The summed E-state index contributed by atoms with van der Waals surface area (Å²) in [5, 5.41) is 10.3. The van der Waals surface area contributed by atoms with Gasteiger partial charge in [-0.15, -0.1) is 0 Å². The Morgan fingerprint density at radius 3 is 1.94 bits per heavy atom. The van der Waals surface area contributed by atoms with Crippen LogP contribution < -0.4 is 0 Å². The molecule has 1 fully saturated rings. The van der Waals surface area contributed by atoms with E-state index in [1.165, 1.54) is 11.1 Å². The molecule has 0 radical (unpaired) electrons. The van der Waals surface area contributed by atoms with E-state index in [0.717, 1.165) is 5.02 Å². The second-order valence-corrected chi connectivity index (χ2v) is 5.30. The summed E-state index contributed by atoms with van der Waals surface area (Å²) in [4.78, 5) is 0. The highest BCUT2D eigenvalue weighted by Gasteiger charge is 2.50. The number of aliphatic hydroxyl groups excluding tert-OH is 1. The summed E-state index contributed by atoms with van der Waals surface area (Å²) < 4.78 is 0. The largest absolute Gasteiger partial charge is 0.396 e. The van der Waals surface area contributed by atoms with Crippen molar-refractivity contribution in [3.05, 3.63) is 70.7 Å². The molecule has 92 valence electrons. The number of aliphatic hydroxyl groups is 1. The molecule has 2 aromatic rings. The summed E-state index contributed by atoms with van der Waals surface area (Å²) in [6.07, 6.45) is 0. The van der Waals surface area contributed by atoms with Gasteiger partial charge in [-0.1, -0.05) is 54.1 Å². The van der Waals surface area contributed by atoms with Gasteiger partial charge in [-0.3, -0.25) is 0 Å². The lowest BCUT2D eigenvalue weighted by molar-refractivity contribution is 0.271. The number of halogens is 1. The van der Waals surface area contributed by atoms with Crippen LogP contribution in [0.5, 0.6) is 0 Å². The minimum absolute atomic E-state index is 0.243. The van der Waals surface area contributed by atoms with Crippen molar-refractivity contribution >= 4 is 11.6 Å². The summed E-state index contributed by atoms with van der Waals surface area (Å²) >= 11 is 5.91. The number of rotatable bonds is 3. The highest BCUT2D eigenvalue weighted by Crippen LogP contribution is 2.60. The fraction of sp³-hybridized carbons (Fsp3) is 0.250. The minimum Gasteiger partial charge on any atom is -0.396 e. The van der Waals surface area contributed by atoms with Crippen LogP contribution in [0.4, 0.5) is 0 Å². The van der Waals surface area contributed by atoms with Gasteiger partial charge in [-0.05, 0) is 41.0 Å². The molecule has 0 aliphatic heterocycles. The molecule has 0 spiro atoms. The minimum atomic E-state index is 0.243. The SMILES string of the molecule is OC[C@@H]1[C@@H](c2ccc(Cl)cc2)[C@H]1c1ccccc1. The summed E-state index contributed by atoms with van der Waals surface area (Å²) in [5.74, 6) is 1.21. The van der Waals surface area contributed by atoms with Crippen LogP contribution in [0.15, 0.2) is 54.6 Å². The highest BCUT2D eigenvalue weighted by molar-refractivity contribution is 6.30. The topological polar surface area (TPSA) is 20.2 Å². The molecule has 1 saturated carbocycles. The van der Waals surface area contributed by atoms with Gasteiger partial charge < -0.3 is 5.11 Å². The Morgan fingerprint density at radius 2 is 1.39 bits per heavy atom. The zero-order valence-corrected chi connectivity index (χ0v) is 10.7. The predicted octanol–water partition coefficient (Wildman–Crippen LogP) is 3.83. The van der Waals surface area contributed by atoms with Crippen molar-refractivity contribution in [1.29, 1.82) is 0 Å². The second kappa shape index (κ2) is 4.75. The molecule has 0 aromatic heterocycles. The van der Waals surface area contributed by atoms with E-state index in [0.29, 0.717) is 17.8 Å². The van der Waals surface area contributed by atoms with Gasteiger partial charge in [0.1, 0.15) is 0 Å². The Bertz CT molecular complexity index is 521. The maximum absolute atomic E-state index is 9.50. The van der Waals surface area contributed by atoms with Crippen molar-refractivity contribution in [3.63, 3.8) is 0 Å². The molecule has 18 heavy (non-hydrogen) atoms. The molecule has 3 atom stereocenters. The van der Waals surface area contributed by atoms with E-state index in [-0.39, 0.29) is 6.61 Å². The van der Waals surface area contributed by atoms with Crippen LogP contribution in [0.1, 0.15) is 23.0 Å². The first-order chi connectivity index (χ1) is 8.81. The molecule has 1 nitrogen and oxygen atoms in total. The Balaban J connectivity index is 1.87. The molecule has 1 aliphatic carbocycles. The third-order valence-electron chi connectivity index (χ3n) is 3.82. The first-order valence-corrected chi connectivity index (χ1v) is 6.60. The van der Waals surface area contributed by atoms with Gasteiger partial charge in [0.15, 0.2) is 0 Å². The molecule has 0 heterocycles. The standard InChI is InChI=1S/C16H15ClO/c17-13-8-6-12(7-9-13)16-14(10-18)15(16)11-4-2-1-3-5-11/h1-9,14-16,18H,10H2/t14-,15-,16+/m0/s1. The first-order valence-electron chi connectivity index (χ1n) is 6.22. The van der Waals surface area contributed by atoms with Gasteiger partial charge in [0, 0.05) is 11.6 Å². The zero-order chi connectivity index (χ0) is 12.5. The van der Waals surface area contributed by atoms with Crippen molar-refractivity contribution in [2.24, 2.45) is 5.92 Å². The van der Waals surface area contributed by atoms with E-state index < -0.39 is 0 Å². The Kier molecular flexibility index (Phi) is 3.11. The fourth-order valence-corrected chi connectivity index (χ4v) is 3.00. The second-order valence-electron chi connectivity index (χ2n) is 4.86. The van der Waals surface area contributed by atoms with Crippen molar-refractivity contribution in [1.82, 2.24) is 0 Å². The molecule has 2 heteroatoms. The quantitative estimate of drug-likeness (QED) is 0.887. The van der Waals surface area contributed by atoms with Crippen molar-refractivity contribution in [3.8, 4) is 0 Å². The van der Waals surface area contributed by atoms with Crippen LogP contribution >= 0.6 is 11.6 Å². The van der Waals surface area contributed by atoms with Crippen molar-refractivity contribution in [2.45, 2.75) is 11.8 Å². The molecule has 0 unspecified atom stereocenters. The van der Waals surface area contributed by atoms with Gasteiger partial charge in [0.05, 0.1) is 0 Å². The third kappa shape index (κ3) is 2.05. The summed E-state index contributed by atoms with van der Waals surface area (Å²) in [7, 11) is 0. The van der Waals surface area contributed by atoms with E-state index in [9.17, 15) is 5.11 Å². The van der Waals surface area contributed by atoms with E-state index >= 15 is 0 Å². The molecule has 1 N–H and O–H groups in total. The lowest BCUT2D eigenvalue weighted by Crippen LogP contribution is -1.88. The molecular weight excluding hydrogens is 244 g/mol. The van der Waals surface area contributed by atoms with Gasteiger partial charge in [0.2, 0.25) is 0 Å². The monoisotopic (exact) mass is 258 g/mol. The van der Waals surface area contributed by atoms with Gasteiger partial charge in [0.25, 0.3) is 0 Å². The third-order valence-corrected chi connectivity index (χ3v) is 4.07. The van der Waals surface area contributed by atoms with Gasteiger partial charge in [-0.2, -0.15) is 0 Å². The number of hydrogen-bond donors (Lipinski definition) is 1. The van der Waals surface area contributed by atoms with Gasteiger partial charge >= 0.3 is 0 Å². The average molecular weight is 259 g/mol. The Hall–Kier alpha value is -1.31. The van der Waals surface area contributed by atoms with E-state index in [2.05, 4.69) is 36.4 Å². The molecule has 0 saturated heterocycles. The number of hydrogen-bond acceptors (Lipinski definition) is 1. The predicted molar refractivity (Wildman–Crippen MR) is 74.0 cm³/mol. The average Bonchev–Trinajstić information content (AvgIpc) is 3.15. The molecule has 0 bridgehead atoms. The van der Waals surface area contributed by atoms with E-state index in [1.54, 1.807) is 0 Å². The molecule has 3 rings (SSSR count). The van der Waals surface area contributed by atoms with Crippen molar-refractivity contribution < 1.29 is 5.11 Å². The molecule has 1 aliphatic rings. The maximum Gasteiger partial charge on any atom is 0.0471 e. The summed E-state index contributed by atoms with van der Waals surface area (Å²) in [6, 6.07) is 18.4.